The monoisotopic (exact) mass is 347 g/mol. The maximum Gasteiger partial charge on any atom is 0.257 e. The van der Waals surface area contributed by atoms with Crippen LogP contribution in [0.2, 0.25) is 0 Å². The summed E-state index contributed by atoms with van der Waals surface area (Å²) in [5, 5.41) is 14.7. The van der Waals surface area contributed by atoms with Gasteiger partial charge in [0.2, 0.25) is 5.88 Å². The van der Waals surface area contributed by atoms with Crippen molar-refractivity contribution in [3.63, 3.8) is 0 Å². The molecule has 3 N–H and O–H groups in total. The minimum absolute atomic E-state index is 0.0146. The van der Waals surface area contributed by atoms with Gasteiger partial charge in [-0.15, -0.1) is 0 Å². The van der Waals surface area contributed by atoms with Crippen LogP contribution >= 0.6 is 0 Å². The van der Waals surface area contributed by atoms with Gasteiger partial charge in [0.1, 0.15) is 17.3 Å². The maximum atomic E-state index is 12.9. The number of ether oxygens (including phenoxy) is 1. The zero-order valence-corrected chi connectivity index (χ0v) is 14.6. The van der Waals surface area contributed by atoms with Gasteiger partial charge in [-0.2, -0.15) is 10.4 Å². The number of allylic oxidation sites excluding steroid dienone is 1. The van der Waals surface area contributed by atoms with Crippen molar-refractivity contribution < 1.29 is 4.74 Å². The lowest BCUT2D eigenvalue weighted by Crippen LogP contribution is -2.28. The second kappa shape index (κ2) is 5.49. The fourth-order valence-electron chi connectivity index (χ4n) is 3.52. The van der Waals surface area contributed by atoms with E-state index in [1.54, 1.807) is 11.7 Å². The van der Waals surface area contributed by atoms with Crippen LogP contribution in [0.5, 0.6) is 5.75 Å². The van der Waals surface area contributed by atoms with Gasteiger partial charge in [0.15, 0.2) is 5.75 Å². The van der Waals surface area contributed by atoms with Crippen LogP contribution in [0.3, 0.4) is 0 Å². The molecule has 2 aromatic heterocycles. The van der Waals surface area contributed by atoms with Gasteiger partial charge in [-0.05, 0) is 19.4 Å². The number of benzene rings is 1. The predicted octanol–water partition coefficient (Wildman–Crippen LogP) is 2.10. The number of nitrogens with two attached hydrogens (primary N) is 1. The van der Waals surface area contributed by atoms with E-state index in [1.165, 1.54) is 0 Å². The predicted molar refractivity (Wildman–Crippen MR) is 96.5 cm³/mol. The van der Waals surface area contributed by atoms with E-state index >= 15 is 0 Å². The van der Waals surface area contributed by atoms with Gasteiger partial charge in [-0.1, -0.05) is 29.8 Å². The summed E-state index contributed by atoms with van der Waals surface area (Å²) in [4.78, 5) is 15.8. The summed E-state index contributed by atoms with van der Waals surface area (Å²) in [7, 11) is 1.75. The Balaban J connectivity index is 2.11. The largest absolute Gasteiger partial charge is 0.439 e. The van der Waals surface area contributed by atoms with E-state index in [-0.39, 0.29) is 17.0 Å². The maximum absolute atomic E-state index is 12.9. The number of hydrogen-bond donors (Lipinski definition) is 2. The van der Waals surface area contributed by atoms with Crippen molar-refractivity contribution >= 4 is 11.0 Å². The molecule has 1 aliphatic heterocycles. The van der Waals surface area contributed by atoms with E-state index in [4.69, 9.17) is 10.5 Å². The lowest BCUT2D eigenvalue weighted by Gasteiger charge is -2.26. The second-order valence-electron chi connectivity index (χ2n) is 6.47. The number of nitrogens with one attached hydrogen (secondary N) is 1. The van der Waals surface area contributed by atoms with Gasteiger partial charge < -0.3 is 15.5 Å². The van der Waals surface area contributed by atoms with Crippen molar-refractivity contribution in [3.05, 3.63) is 68.5 Å². The molecule has 0 fully saturated rings. The molecule has 0 amide bonds. The smallest absolute Gasteiger partial charge is 0.257 e. The minimum Gasteiger partial charge on any atom is -0.439 e. The summed E-state index contributed by atoms with van der Waals surface area (Å²) >= 11 is 0. The molecule has 1 aromatic carbocycles. The third-order valence-electron chi connectivity index (χ3n) is 4.76. The van der Waals surface area contributed by atoms with Crippen molar-refractivity contribution in [1.82, 2.24) is 14.8 Å². The summed E-state index contributed by atoms with van der Waals surface area (Å²) < 4.78 is 7.35. The number of nitrogens with zero attached hydrogens (tertiary/aromatic N) is 3. The number of aromatic nitrogens is 3. The normalized spacial score (nSPS) is 16.3. The fraction of sp³-hybridized carbons (Fsp3) is 0.211. The van der Waals surface area contributed by atoms with Crippen LogP contribution in [0, 0.1) is 25.2 Å². The van der Waals surface area contributed by atoms with Crippen LogP contribution in [0.25, 0.3) is 11.0 Å². The van der Waals surface area contributed by atoms with E-state index in [9.17, 15) is 10.1 Å². The molecule has 0 saturated carbocycles. The molecule has 1 unspecified atom stereocenters. The summed E-state index contributed by atoms with van der Waals surface area (Å²) in [6, 6.07) is 9.80. The average Bonchev–Trinajstić information content (AvgIpc) is 2.88. The van der Waals surface area contributed by atoms with Crippen LogP contribution in [0.1, 0.15) is 28.3 Å². The van der Waals surface area contributed by atoms with Crippen LogP contribution < -0.4 is 16.0 Å². The topological polar surface area (TPSA) is 110 Å². The molecule has 7 nitrogen and oxygen atoms in total. The number of pyridine rings is 1. The fourth-order valence-corrected chi connectivity index (χ4v) is 3.52. The van der Waals surface area contributed by atoms with Gasteiger partial charge in [-0.3, -0.25) is 9.48 Å². The first kappa shape index (κ1) is 16.0. The average molecular weight is 347 g/mol. The molecule has 0 spiro atoms. The first-order valence-corrected chi connectivity index (χ1v) is 8.16. The molecule has 1 atom stereocenters. The molecule has 0 radical (unpaired) electrons. The Morgan fingerprint density at radius 2 is 2.00 bits per heavy atom. The van der Waals surface area contributed by atoms with Gasteiger partial charge in [-0.25, -0.2) is 0 Å². The Morgan fingerprint density at radius 3 is 2.65 bits per heavy atom. The van der Waals surface area contributed by atoms with Crippen molar-refractivity contribution in [3.8, 4) is 11.8 Å². The number of aryl methyl sites for hydroxylation is 3. The van der Waals surface area contributed by atoms with Gasteiger partial charge >= 0.3 is 0 Å². The molecule has 3 aromatic rings. The van der Waals surface area contributed by atoms with Crippen molar-refractivity contribution in [2.24, 2.45) is 12.8 Å². The summed E-state index contributed by atoms with van der Waals surface area (Å²) in [5.74, 6) is -0.200. The Hall–Kier alpha value is -3.53. The number of fused-ring (bicyclic) bond motifs is 3. The molecule has 0 saturated heterocycles. The number of nitriles is 1. The van der Waals surface area contributed by atoms with E-state index in [2.05, 4.69) is 16.2 Å². The van der Waals surface area contributed by atoms with Crippen LogP contribution in [0.15, 0.2) is 40.5 Å². The van der Waals surface area contributed by atoms with Crippen LogP contribution in [0.4, 0.5) is 0 Å². The lowest BCUT2D eigenvalue weighted by atomic mass is 9.83. The molecule has 3 heterocycles. The number of rotatable bonds is 1. The first-order valence-electron chi connectivity index (χ1n) is 8.16. The Kier molecular flexibility index (Phi) is 3.37. The minimum atomic E-state index is -0.586. The second-order valence-corrected chi connectivity index (χ2v) is 6.47. The third-order valence-corrected chi connectivity index (χ3v) is 4.76. The quantitative estimate of drug-likeness (QED) is 0.700. The highest BCUT2D eigenvalue weighted by atomic mass is 16.5. The zero-order chi connectivity index (χ0) is 18.6. The highest BCUT2D eigenvalue weighted by molar-refractivity contribution is 5.87. The molecule has 0 aliphatic carbocycles. The van der Waals surface area contributed by atoms with E-state index < -0.39 is 5.92 Å². The molecular weight excluding hydrogens is 330 g/mol. The van der Waals surface area contributed by atoms with E-state index in [1.807, 2.05) is 38.1 Å². The van der Waals surface area contributed by atoms with E-state index in [0.717, 1.165) is 11.1 Å². The number of aromatic amines is 1. The van der Waals surface area contributed by atoms with Gasteiger partial charge in [0.05, 0.1) is 22.6 Å². The number of hydrogen-bond acceptors (Lipinski definition) is 5. The molecule has 130 valence electrons. The van der Waals surface area contributed by atoms with E-state index in [0.29, 0.717) is 28.0 Å². The SMILES string of the molecule is Cc1ccc(C2C(C#N)=C(N)Oc3c2c(=O)[nH]c2c3c(C)nn2C)cc1. The zero-order valence-electron chi connectivity index (χ0n) is 14.6. The highest BCUT2D eigenvalue weighted by Crippen LogP contribution is 2.43. The van der Waals surface area contributed by atoms with Crippen LogP contribution in [-0.2, 0) is 7.05 Å². The van der Waals surface area contributed by atoms with Crippen LogP contribution in [-0.4, -0.2) is 14.8 Å². The third kappa shape index (κ3) is 2.12. The van der Waals surface area contributed by atoms with Crippen molar-refractivity contribution in [2.75, 3.05) is 0 Å². The Bertz CT molecular complexity index is 1180. The Labute approximate surface area is 149 Å². The molecule has 4 rings (SSSR count). The molecular formula is C19H17N5O2. The molecule has 1 aliphatic rings. The van der Waals surface area contributed by atoms with Crippen molar-refractivity contribution in [2.45, 2.75) is 19.8 Å². The van der Waals surface area contributed by atoms with Gasteiger partial charge in [0.25, 0.3) is 5.56 Å². The molecule has 7 heteroatoms. The number of H-pyrrole nitrogens is 1. The summed E-state index contributed by atoms with van der Waals surface area (Å²) in [5.41, 5.74) is 9.51. The summed E-state index contributed by atoms with van der Waals surface area (Å²) in [6.07, 6.45) is 0. The lowest BCUT2D eigenvalue weighted by molar-refractivity contribution is 0.396. The highest BCUT2D eigenvalue weighted by Gasteiger charge is 2.35. The Morgan fingerprint density at radius 1 is 1.31 bits per heavy atom. The standard InChI is InChI=1S/C19H17N5O2/c1-9-4-6-11(7-5-9)14-12(8-20)17(21)26-16-13-10(2)23-24(3)18(13)22-19(25)15(14)16/h4-7,14H,21H2,1-3H3,(H,22,25). The first-order chi connectivity index (χ1) is 12.4. The van der Waals surface area contributed by atoms with Gasteiger partial charge in [0, 0.05) is 7.05 Å². The molecule has 0 bridgehead atoms. The molecule has 26 heavy (non-hydrogen) atoms. The van der Waals surface area contributed by atoms with Crippen molar-refractivity contribution in [1.29, 1.82) is 5.26 Å². The summed E-state index contributed by atoms with van der Waals surface area (Å²) in [6.45, 7) is 3.82.